The predicted molar refractivity (Wildman–Crippen MR) is 79.1 cm³/mol. The lowest BCUT2D eigenvalue weighted by atomic mass is 10.1. The molecule has 17 heavy (non-hydrogen) atoms. The maximum absolute atomic E-state index is 8.79. The molecule has 2 rings (SSSR count). The highest BCUT2D eigenvalue weighted by molar-refractivity contribution is 14.1. The summed E-state index contributed by atoms with van der Waals surface area (Å²) in [6.45, 7) is 0.874. The number of anilines is 2. The monoisotopic (exact) mass is 343 g/mol. The number of aliphatic hydroxyl groups is 1. The quantitative estimate of drug-likeness (QED) is 0.588. The van der Waals surface area contributed by atoms with Gasteiger partial charge in [-0.05, 0) is 47.2 Å². The number of fused-ring (bicyclic) bond motifs is 1. The van der Waals surface area contributed by atoms with Crippen LogP contribution in [0.3, 0.4) is 0 Å². The van der Waals surface area contributed by atoms with E-state index in [1.807, 2.05) is 12.1 Å². The van der Waals surface area contributed by atoms with E-state index in [9.17, 15) is 0 Å². The van der Waals surface area contributed by atoms with E-state index < -0.39 is 0 Å². The van der Waals surface area contributed by atoms with Crippen molar-refractivity contribution in [2.75, 3.05) is 24.2 Å². The highest BCUT2D eigenvalue weighted by atomic mass is 127. The first-order chi connectivity index (χ1) is 8.22. The molecule has 1 heterocycles. The molecule has 4 nitrogen and oxygen atoms in total. The van der Waals surface area contributed by atoms with Crippen molar-refractivity contribution < 1.29 is 5.11 Å². The molecule has 90 valence electrons. The summed E-state index contributed by atoms with van der Waals surface area (Å²) < 4.78 is 1.15. The van der Waals surface area contributed by atoms with Gasteiger partial charge >= 0.3 is 0 Å². The van der Waals surface area contributed by atoms with Gasteiger partial charge in [0.15, 0.2) is 0 Å². The summed E-state index contributed by atoms with van der Waals surface area (Å²) in [4.78, 5) is 4.29. The maximum Gasteiger partial charge on any atom is 0.0743 e. The number of nitrogens with one attached hydrogen (secondary N) is 1. The highest BCUT2D eigenvalue weighted by Crippen LogP contribution is 2.28. The van der Waals surface area contributed by atoms with Gasteiger partial charge in [-0.25, -0.2) is 0 Å². The molecule has 0 atom stereocenters. The molecule has 0 aliphatic carbocycles. The smallest absolute Gasteiger partial charge is 0.0743 e. The molecule has 0 radical (unpaired) electrons. The van der Waals surface area contributed by atoms with Crippen LogP contribution in [-0.4, -0.2) is 23.2 Å². The van der Waals surface area contributed by atoms with Crippen molar-refractivity contribution in [2.24, 2.45) is 0 Å². The number of nitrogens with two attached hydrogens (primary N) is 1. The molecule has 5 heteroatoms. The van der Waals surface area contributed by atoms with Gasteiger partial charge in [0, 0.05) is 22.1 Å². The molecule has 0 unspecified atom stereocenters. The van der Waals surface area contributed by atoms with Crippen LogP contribution in [0.5, 0.6) is 0 Å². The lowest BCUT2D eigenvalue weighted by molar-refractivity contribution is 0.292. The molecule has 1 aromatic heterocycles. The fraction of sp³-hybridized carbons (Fsp3) is 0.250. The van der Waals surface area contributed by atoms with Gasteiger partial charge in [-0.1, -0.05) is 0 Å². The minimum atomic E-state index is 0.174. The summed E-state index contributed by atoms with van der Waals surface area (Å²) in [6.07, 6.45) is 2.36. The standard InChI is InChI=1S/C12H14IN3O/c13-8-2-3-11-9(6-8)12(10(14)7-16-11)15-4-1-5-17/h2-3,6-7,17H,1,4-5,14H2,(H,15,16). The van der Waals surface area contributed by atoms with Crippen LogP contribution < -0.4 is 11.1 Å². The van der Waals surface area contributed by atoms with Crippen molar-refractivity contribution >= 4 is 44.9 Å². The normalized spacial score (nSPS) is 10.7. The fourth-order valence-corrected chi connectivity index (χ4v) is 2.16. The minimum absolute atomic E-state index is 0.174. The van der Waals surface area contributed by atoms with Crippen LogP contribution in [0.2, 0.25) is 0 Å². The van der Waals surface area contributed by atoms with E-state index in [0.29, 0.717) is 18.7 Å². The number of nitrogen functional groups attached to an aromatic ring is 1. The maximum atomic E-state index is 8.79. The third-order valence-corrected chi connectivity index (χ3v) is 3.17. The van der Waals surface area contributed by atoms with Crippen molar-refractivity contribution in [2.45, 2.75) is 6.42 Å². The van der Waals surface area contributed by atoms with Crippen molar-refractivity contribution in [1.29, 1.82) is 0 Å². The van der Waals surface area contributed by atoms with Crippen LogP contribution in [0.1, 0.15) is 6.42 Å². The average Bonchev–Trinajstić information content (AvgIpc) is 2.32. The van der Waals surface area contributed by atoms with E-state index >= 15 is 0 Å². The zero-order chi connectivity index (χ0) is 12.3. The number of hydrogen-bond acceptors (Lipinski definition) is 4. The van der Waals surface area contributed by atoms with Gasteiger partial charge in [0.25, 0.3) is 0 Å². The zero-order valence-electron chi connectivity index (χ0n) is 9.28. The Hall–Kier alpha value is -1.08. The molecule has 0 bridgehead atoms. The SMILES string of the molecule is Nc1cnc2ccc(I)cc2c1NCCCO. The molecule has 0 aliphatic heterocycles. The lowest BCUT2D eigenvalue weighted by Crippen LogP contribution is -2.06. The van der Waals surface area contributed by atoms with Gasteiger partial charge in [-0.15, -0.1) is 0 Å². The Kier molecular flexibility index (Phi) is 4.01. The Morgan fingerprint density at radius 3 is 3.00 bits per heavy atom. The molecular formula is C12H14IN3O. The topological polar surface area (TPSA) is 71.2 Å². The zero-order valence-corrected chi connectivity index (χ0v) is 11.4. The van der Waals surface area contributed by atoms with E-state index in [1.165, 1.54) is 0 Å². The molecule has 0 aliphatic rings. The van der Waals surface area contributed by atoms with E-state index in [1.54, 1.807) is 6.20 Å². The largest absolute Gasteiger partial charge is 0.396 e. The summed E-state index contributed by atoms with van der Waals surface area (Å²) in [7, 11) is 0. The van der Waals surface area contributed by atoms with Crippen molar-refractivity contribution in [1.82, 2.24) is 4.98 Å². The van der Waals surface area contributed by atoms with Crippen LogP contribution in [0.4, 0.5) is 11.4 Å². The second kappa shape index (κ2) is 5.50. The van der Waals surface area contributed by atoms with E-state index in [4.69, 9.17) is 10.8 Å². The number of rotatable bonds is 4. The molecule has 4 N–H and O–H groups in total. The molecular weight excluding hydrogens is 329 g/mol. The van der Waals surface area contributed by atoms with Gasteiger partial charge in [-0.2, -0.15) is 0 Å². The Bertz CT molecular complexity index is 525. The number of aromatic nitrogens is 1. The Labute approximate surface area is 113 Å². The first kappa shape index (κ1) is 12.4. The van der Waals surface area contributed by atoms with Gasteiger partial charge in [0.1, 0.15) is 0 Å². The Morgan fingerprint density at radius 2 is 2.24 bits per heavy atom. The first-order valence-corrected chi connectivity index (χ1v) is 6.48. The molecule has 0 spiro atoms. The first-order valence-electron chi connectivity index (χ1n) is 5.41. The minimum Gasteiger partial charge on any atom is -0.396 e. The molecule has 0 fully saturated rings. The summed E-state index contributed by atoms with van der Waals surface area (Å²) in [5.74, 6) is 0. The predicted octanol–water partition coefficient (Wildman–Crippen LogP) is 2.22. The van der Waals surface area contributed by atoms with Crippen LogP contribution in [-0.2, 0) is 0 Å². The van der Waals surface area contributed by atoms with Crippen LogP contribution >= 0.6 is 22.6 Å². The number of aliphatic hydroxyl groups excluding tert-OH is 1. The summed E-state index contributed by atoms with van der Waals surface area (Å²) in [6, 6.07) is 6.05. The lowest BCUT2D eigenvalue weighted by Gasteiger charge is -2.11. The summed E-state index contributed by atoms with van der Waals surface area (Å²) >= 11 is 2.26. The van der Waals surface area contributed by atoms with Gasteiger partial charge in [0.05, 0.1) is 23.1 Å². The third-order valence-electron chi connectivity index (χ3n) is 2.50. The van der Waals surface area contributed by atoms with E-state index in [-0.39, 0.29) is 6.61 Å². The van der Waals surface area contributed by atoms with E-state index in [0.717, 1.165) is 20.2 Å². The van der Waals surface area contributed by atoms with Gasteiger partial charge in [0.2, 0.25) is 0 Å². The van der Waals surface area contributed by atoms with Crippen LogP contribution in [0, 0.1) is 3.57 Å². The highest BCUT2D eigenvalue weighted by Gasteiger charge is 2.06. The fourth-order valence-electron chi connectivity index (χ4n) is 1.67. The molecule has 0 amide bonds. The second-order valence-electron chi connectivity index (χ2n) is 3.75. The van der Waals surface area contributed by atoms with Crippen molar-refractivity contribution in [3.05, 3.63) is 28.0 Å². The van der Waals surface area contributed by atoms with E-state index in [2.05, 4.69) is 39.0 Å². The number of benzene rings is 1. The van der Waals surface area contributed by atoms with Crippen LogP contribution in [0.25, 0.3) is 10.9 Å². The summed E-state index contributed by atoms with van der Waals surface area (Å²) in [5, 5.41) is 13.1. The molecule has 2 aromatic rings. The second-order valence-corrected chi connectivity index (χ2v) is 5.00. The number of hydrogen-bond donors (Lipinski definition) is 3. The number of nitrogens with zero attached hydrogens (tertiary/aromatic N) is 1. The summed E-state index contributed by atoms with van der Waals surface area (Å²) in [5.41, 5.74) is 8.39. The Balaban J connectivity index is 2.43. The third kappa shape index (κ3) is 2.78. The molecule has 1 aromatic carbocycles. The number of halogens is 1. The van der Waals surface area contributed by atoms with Gasteiger partial charge in [-0.3, -0.25) is 4.98 Å². The van der Waals surface area contributed by atoms with Crippen molar-refractivity contribution in [3.8, 4) is 0 Å². The Morgan fingerprint density at radius 1 is 1.41 bits per heavy atom. The molecule has 0 saturated heterocycles. The van der Waals surface area contributed by atoms with Crippen LogP contribution in [0.15, 0.2) is 24.4 Å². The average molecular weight is 343 g/mol. The van der Waals surface area contributed by atoms with Gasteiger partial charge < -0.3 is 16.2 Å². The number of pyridine rings is 1. The molecule has 0 saturated carbocycles. The van der Waals surface area contributed by atoms with Crippen molar-refractivity contribution in [3.63, 3.8) is 0 Å².